The topological polar surface area (TPSA) is 97.3 Å². The Kier molecular flexibility index (Phi) is 6.63. The Hall–Kier alpha value is -3.22. The van der Waals surface area contributed by atoms with E-state index in [0.717, 1.165) is 11.1 Å². The van der Waals surface area contributed by atoms with Crippen LogP contribution in [0.3, 0.4) is 0 Å². The van der Waals surface area contributed by atoms with Crippen molar-refractivity contribution in [3.63, 3.8) is 0 Å². The summed E-state index contributed by atoms with van der Waals surface area (Å²) in [4.78, 5) is 18.3. The summed E-state index contributed by atoms with van der Waals surface area (Å²) in [6, 6.07) is 10.3. The number of anilines is 1. The monoisotopic (exact) mass is 563 g/mol. The fraction of sp³-hybridized carbons (Fsp3) is 0.407. The highest BCUT2D eigenvalue weighted by molar-refractivity contribution is 7.87. The molecular formula is C27H28F3N3O5S. The lowest BCUT2D eigenvalue weighted by Crippen LogP contribution is -2.68. The van der Waals surface area contributed by atoms with Crippen molar-refractivity contribution in [2.45, 2.75) is 35.2 Å². The van der Waals surface area contributed by atoms with E-state index in [2.05, 4.69) is 10.3 Å². The number of hydrogen-bond acceptors (Lipinski definition) is 7. The predicted molar refractivity (Wildman–Crippen MR) is 140 cm³/mol. The van der Waals surface area contributed by atoms with Gasteiger partial charge < -0.3 is 15.0 Å². The Morgan fingerprint density at radius 3 is 2.56 bits per heavy atom. The fourth-order valence-electron chi connectivity index (χ4n) is 6.10. The van der Waals surface area contributed by atoms with Gasteiger partial charge in [-0.1, -0.05) is 36.4 Å². The number of aliphatic imine (C=N–C) groups is 1. The number of carbonyl (C=O) groups is 1. The Bertz CT molecular complexity index is 1520. The van der Waals surface area contributed by atoms with Crippen LogP contribution in [0.2, 0.25) is 0 Å². The van der Waals surface area contributed by atoms with Gasteiger partial charge in [0.25, 0.3) is 10.1 Å². The van der Waals surface area contributed by atoms with Gasteiger partial charge >= 0.3 is 12.1 Å². The van der Waals surface area contributed by atoms with Crippen LogP contribution >= 0.6 is 0 Å². The number of nitrogens with one attached hydrogen (secondary N) is 1. The van der Waals surface area contributed by atoms with Crippen LogP contribution < -0.4 is 10.2 Å². The molecule has 3 aliphatic rings. The first-order valence-corrected chi connectivity index (χ1v) is 13.7. The lowest BCUT2D eigenvalue weighted by Gasteiger charge is -2.54. The maximum atomic E-state index is 13.2. The summed E-state index contributed by atoms with van der Waals surface area (Å²) in [6.45, 7) is -0.203. The highest BCUT2D eigenvalue weighted by Gasteiger charge is 2.69. The van der Waals surface area contributed by atoms with Gasteiger partial charge in [-0.2, -0.15) is 21.6 Å². The van der Waals surface area contributed by atoms with Gasteiger partial charge in [-0.3, -0.25) is 14.0 Å². The average Bonchev–Trinajstić information content (AvgIpc) is 3.09. The van der Waals surface area contributed by atoms with Crippen LogP contribution in [0.25, 0.3) is 10.8 Å². The highest BCUT2D eigenvalue weighted by atomic mass is 32.2. The summed E-state index contributed by atoms with van der Waals surface area (Å²) in [5, 5.41) is 3.36. The average molecular weight is 564 g/mol. The van der Waals surface area contributed by atoms with Crippen LogP contribution in [0.4, 0.5) is 18.9 Å². The molecular weight excluding hydrogens is 535 g/mol. The van der Waals surface area contributed by atoms with Gasteiger partial charge in [0.15, 0.2) is 0 Å². The van der Waals surface area contributed by atoms with Crippen molar-refractivity contribution >= 4 is 38.2 Å². The molecule has 0 unspecified atom stereocenters. The molecule has 5 rings (SSSR count). The maximum absolute atomic E-state index is 13.2. The van der Waals surface area contributed by atoms with Crippen molar-refractivity contribution < 1.29 is 35.3 Å². The molecule has 2 aromatic carbocycles. The number of ether oxygens (including phenoxy) is 1. The van der Waals surface area contributed by atoms with Crippen LogP contribution in [0.15, 0.2) is 70.6 Å². The van der Waals surface area contributed by atoms with E-state index in [1.807, 2.05) is 31.1 Å². The third-order valence-electron chi connectivity index (χ3n) is 7.71. The van der Waals surface area contributed by atoms with Gasteiger partial charge in [-0.05, 0) is 43.0 Å². The minimum atomic E-state index is -5.08. The third kappa shape index (κ3) is 4.44. The van der Waals surface area contributed by atoms with Crippen LogP contribution in [0.5, 0.6) is 0 Å². The van der Waals surface area contributed by atoms with Gasteiger partial charge in [-0.15, -0.1) is 0 Å². The first-order valence-electron chi connectivity index (χ1n) is 12.3. The van der Waals surface area contributed by atoms with Crippen LogP contribution in [-0.2, 0) is 23.8 Å². The van der Waals surface area contributed by atoms with E-state index in [1.165, 1.54) is 13.2 Å². The van der Waals surface area contributed by atoms with E-state index in [0.29, 0.717) is 11.1 Å². The molecule has 0 saturated heterocycles. The molecule has 2 aliphatic carbocycles. The summed E-state index contributed by atoms with van der Waals surface area (Å²) < 4.78 is 77.1. The number of rotatable bonds is 8. The molecule has 0 radical (unpaired) electrons. The molecule has 0 bridgehead atoms. The molecule has 1 fully saturated rings. The zero-order chi connectivity index (χ0) is 28.2. The van der Waals surface area contributed by atoms with E-state index < -0.39 is 39.4 Å². The van der Waals surface area contributed by atoms with E-state index in [4.69, 9.17) is 8.92 Å². The largest absolute Gasteiger partial charge is 0.471 e. The lowest BCUT2D eigenvalue weighted by molar-refractivity contribution is -0.181. The Morgan fingerprint density at radius 1 is 1.15 bits per heavy atom. The standard InChI is InChI=1S/C27H28F3N3O5S/c1-33(2)20-10-6-9-19-18(20)8-7-11-21(19)39(35,36)38-15-13-17-16-26(32-24(34)27(28,29)30)23(17)25(37-3)14-5-4-12-22(25)31-26/h4-12,14,17,23H,13,15-16H2,1-3H3,(H,32,34)/t17-,23-,25+,26+/m0/s1. The normalized spacial score (nSPS) is 27.5. The number of fused-ring (bicyclic) bond motifs is 4. The number of halogens is 3. The smallest absolute Gasteiger partial charge is 0.377 e. The molecule has 4 atom stereocenters. The number of allylic oxidation sites excluding steroid dienone is 2. The third-order valence-corrected chi connectivity index (χ3v) is 9.08. The second-order valence-corrected chi connectivity index (χ2v) is 11.7. The molecule has 0 spiro atoms. The van der Waals surface area contributed by atoms with Gasteiger partial charge in [0.05, 0.1) is 12.3 Å². The number of benzene rings is 2. The zero-order valence-electron chi connectivity index (χ0n) is 21.5. The Balaban J connectivity index is 1.36. The molecule has 12 heteroatoms. The van der Waals surface area contributed by atoms with E-state index in [1.54, 1.807) is 42.5 Å². The zero-order valence-corrected chi connectivity index (χ0v) is 22.3. The molecule has 2 aromatic rings. The van der Waals surface area contributed by atoms with E-state index in [-0.39, 0.29) is 30.3 Å². The number of alkyl halides is 3. The van der Waals surface area contributed by atoms with E-state index >= 15 is 0 Å². The molecule has 8 nitrogen and oxygen atoms in total. The van der Waals surface area contributed by atoms with Crippen molar-refractivity contribution in [1.82, 2.24) is 5.32 Å². The van der Waals surface area contributed by atoms with E-state index in [9.17, 15) is 26.4 Å². The number of amides is 1. The number of hydrogen-bond donors (Lipinski definition) is 1. The number of carbonyl (C=O) groups excluding carboxylic acids is 1. The maximum Gasteiger partial charge on any atom is 0.471 e. The summed E-state index contributed by atoms with van der Waals surface area (Å²) >= 11 is 0. The quantitative estimate of drug-likeness (QED) is 0.488. The molecule has 1 heterocycles. The summed E-state index contributed by atoms with van der Waals surface area (Å²) in [6.07, 6.45) is 1.96. The van der Waals surface area contributed by atoms with Crippen molar-refractivity contribution in [2.75, 3.05) is 32.7 Å². The van der Waals surface area contributed by atoms with Crippen molar-refractivity contribution in [3.05, 3.63) is 60.7 Å². The van der Waals surface area contributed by atoms with Crippen molar-refractivity contribution in [3.8, 4) is 0 Å². The molecule has 1 amide bonds. The van der Waals surface area contributed by atoms with Crippen molar-refractivity contribution in [1.29, 1.82) is 0 Å². The van der Waals surface area contributed by atoms with Gasteiger partial charge in [0.2, 0.25) is 0 Å². The molecule has 39 heavy (non-hydrogen) atoms. The highest BCUT2D eigenvalue weighted by Crippen LogP contribution is 2.59. The summed E-state index contributed by atoms with van der Waals surface area (Å²) in [5.74, 6) is -3.09. The summed E-state index contributed by atoms with van der Waals surface area (Å²) in [5.41, 5.74) is -1.40. The lowest BCUT2D eigenvalue weighted by atomic mass is 9.57. The summed E-state index contributed by atoms with van der Waals surface area (Å²) in [7, 11) is 1.01. The molecule has 1 N–H and O–H groups in total. The first-order chi connectivity index (χ1) is 18.3. The Morgan fingerprint density at radius 2 is 1.87 bits per heavy atom. The first kappa shape index (κ1) is 27.4. The molecule has 1 aliphatic heterocycles. The number of nitrogens with zero attached hydrogens (tertiary/aromatic N) is 2. The number of methoxy groups -OCH3 is 1. The minimum Gasteiger partial charge on any atom is -0.377 e. The van der Waals surface area contributed by atoms with Gasteiger partial charge in [0.1, 0.15) is 16.2 Å². The van der Waals surface area contributed by atoms with Gasteiger partial charge in [0, 0.05) is 43.6 Å². The fourth-order valence-corrected chi connectivity index (χ4v) is 7.23. The second-order valence-electron chi connectivity index (χ2n) is 10.1. The van der Waals surface area contributed by atoms with Crippen LogP contribution in [0, 0.1) is 11.8 Å². The van der Waals surface area contributed by atoms with Gasteiger partial charge in [-0.25, -0.2) is 0 Å². The minimum absolute atomic E-state index is 0.0318. The predicted octanol–water partition coefficient (Wildman–Crippen LogP) is 3.98. The molecule has 208 valence electrons. The van der Waals surface area contributed by atoms with Crippen LogP contribution in [0.1, 0.15) is 12.8 Å². The second kappa shape index (κ2) is 9.46. The van der Waals surface area contributed by atoms with Crippen LogP contribution in [-0.4, -0.2) is 65.3 Å². The SMILES string of the molecule is CO[C@]12C=CC=CC1=N[C@@]1(NC(=O)C(F)(F)F)C[C@H](CCOS(=O)(=O)c3cccc4c(N(C)C)cccc34)[C@H]12. The molecule has 1 saturated carbocycles. The van der Waals surface area contributed by atoms with Crippen molar-refractivity contribution in [2.24, 2.45) is 16.8 Å². The molecule has 0 aromatic heterocycles. The Labute approximate surface area is 224 Å².